The maximum Gasteiger partial charge on any atom is 0.221 e. The molecule has 0 aliphatic heterocycles. The Bertz CT molecular complexity index is 386. The number of nitrogens with zero attached hydrogens (tertiary/aromatic N) is 1. The lowest BCUT2D eigenvalue weighted by Gasteiger charge is -2.02. The molecular weight excluding hydrogens is 192 g/mol. The van der Waals surface area contributed by atoms with Crippen LogP contribution >= 0.6 is 0 Å². The number of nitrogens with two attached hydrogens (primary N) is 1. The first-order valence-corrected chi connectivity index (χ1v) is 4.60. The van der Waals surface area contributed by atoms with Crippen molar-refractivity contribution in [1.82, 2.24) is 4.98 Å². The number of pyridine rings is 1. The summed E-state index contributed by atoms with van der Waals surface area (Å²) in [4.78, 5) is 14.7. The average molecular weight is 206 g/mol. The van der Waals surface area contributed by atoms with Crippen molar-refractivity contribution in [2.75, 3.05) is 7.11 Å². The third-order valence-corrected chi connectivity index (χ3v) is 1.93. The van der Waals surface area contributed by atoms with Gasteiger partial charge in [-0.3, -0.25) is 4.79 Å². The Hall–Kier alpha value is -1.84. The Morgan fingerprint density at radius 1 is 1.60 bits per heavy atom. The average Bonchev–Trinajstić information content (AvgIpc) is 2.20. The summed E-state index contributed by atoms with van der Waals surface area (Å²) >= 11 is 0. The van der Waals surface area contributed by atoms with Crippen molar-refractivity contribution in [2.24, 2.45) is 5.73 Å². The van der Waals surface area contributed by atoms with Crippen molar-refractivity contribution >= 4 is 12.0 Å². The molecule has 4 nitrogen and oxygen atoms in total. The molecule has 1 rings (SSSR count). The number of hydrogen-bond donors (Lipinski definition) is 1. The Labute approximate surface area is 88.8 Å². The normalized spacial score (nSPS) is 10.5. The molecule has 2 N–H and O–H groups in total. The molecule has 0 aliphatic rings. The van der Waals surface area contributed by atoms with Crippen molar-refractivity contribution in [3.8, 4) is 5.88 Å². The molecule has 15 heavy (non-hydrogen) atoms. The first-order valence-electron chi connectivity index (χ1n) is 4.60. The Balaban J connectivity index is 2.78. The number of carbonyl (C=O) groups is 1. The van der Waals surface area contributed by atoms with Crippen molar-refractivity contribution in [2.45, 2.75) is 13.3 Å². The van der Waals surface area contributed by atoms with E-state index in [0.29, 0.717) is 5.88 Å². The first-order chi connectivity index (χ1) is 7.13. The summed E-state index contributed by atoms with van der Waals surface area (Å²) in [6.45, 7) is 1.88. The lowest BCUT2D eigenvalue weighted by Crippen LogP contribution is -2.07. The summed E-state index contributed by atoms with van der Waals surface area (Å²) < 4.78 is 4.98. The molecule has 0 radical (unpaired) electrons. The highest BCUT2D eigenvalue weighted by Crippen LogP contribution is 2.13. The number of amides is 1. The summed E-state index contributed by atoms with van der Waals surface area (Å²) in [5, 5.41) is 0. The summed E-state index contributed by atoms with van der Waals surface area (Å²) in [5.41, 5.74) is 6.83. The summed E-state index contributed by atoms with van der Waals surface area (Å²) in [6.07, 6.45) is 3.79. The number of aryl methyl sites for hydroxylation is 1. The number of carbonyl (C=O) groups excluding carboxylic acids is 1. The van der Waals surface area contributed by atoms with E-state index in [1.165, 1.54) is 0 Å². The number of hydrogen-bond acceptors (Lipinski definition) is 3. The zero-order valence-corrected chi connectivity index (χ0v) is 8.86. The maximum atomic E-state index is 10.5. The van der Waals surface area contributed by atoms with Crippen LogP contribution in [0.1, 0.15) is 17.7 Å². The van der Waals surface area contributed by atoms with Crippen LogP contribution in [-0.4, -0.2) is 18.0 Å². The zero-order valence-electron chi connectivity index (χ0n) is 8.86. The minimum absolute atomic E-state index is 0.242. The molecule has 80 valence electrons. The van der Waals surface area contributed by atoms with Crippen LogP contribution in [0.15, 0.2) is 18.2 Å². The van der Waals surface area contributed by atoms with Gasteiger partial charge in [-0.05, 0) is 18.6 Å². The standard InChI is InChI=1S/C11H14N2O2/c1-8-9(4-3-5-10(12)14)6-7-11(13-8)15-2/h3-4,6-7H,5H2,1-2H3,(H2,12,14). The molecular formula is C11H14N2O2. The van der Waals surface area contributed by atoms with Gasteiger partial charge < -0.3 is 10.5 Å². The maximum absolute atomic E-state index is 10.5. The SMILES string of the molecule is COc1ccc(C=CCC(N)=O)c(C)n1. The van der Waals surface area contributed by atoms with Gasteiger partial charge in [-0.25, -0.2) is 4.98 Å². The molecule has 0 saturated carbocycles. The monoisotopic (exact) mass is 206 g/mol. The quantitative estimate of drug-likeness (QED) is 0.807. The summed E-state index contributed by atoms with van der Waals surface area (Å²) in [6, 6.07) is 3.66. The molecule has 1 heterocycles. The van der Waals surface area contributed by atoms with Gasteiger partial charge in [0.25, 0.3) is 0 Å². The van der Waals surface area contributed by atoms with Crippen LogP contribution in [-0.2, 0) is 4.79 Å². The predicted octanol–water partition coefficient (Wildman–Crippen LogP) is 1.29. The second kappa shape index (κ2) is 5.14. The van der Waals surface area contributed by atoms with Crippen molar-refractivity contribution in [3.63, 3.8) is 0 Å². The van der Waals surface area contributed by atoms with E-state index in [4.69, 9.17) is 10.5 Å². The highest BCUT2D eigenvalue weighted by molar-refractivity contribution is 5.76. The van der Waals surface area contributed by atoms with Crippen LogP contribution in [0.5, 0.6) is 5.88 Å². The molecule has 0 aromatic carbocycles. The van der Waals surface area contributed by atoms with Gasteiger partial charge in [-0.15, -0.1) is 0 Å². The lowest BCUT2D eigenvalue weighted by atomic mass is 10.2. The Morgan fingerprint density at radius 3 is 2.87 bits per heavy atom. The number of rotatable bonds is 4. The predicted molar refractivity (Wildman–Crippen MR) is 58.4 cm³/mol. The lowest BCUT2D eigenvalue weighted by molar-refractivity contribution is -0.117. The highest BCUT2D eigenvalue weighted by atomic mass is 16.5. The minimum atomic E-state index is -0.342. The number of primary amides is 1. The van der Waals surface area contributed by atoms with Crippen molar-refractivity contribution in [1.29, 1.82) is 0 Å². The van der Waals surface area contributed by atoms with Gasteiger partial charge in [-0.2, -0.15) is 0 Å². The smallest absolute Gasteiger partial charge is 0.221 e. The molecule has 0 fully saturated rings. The third-order valence-electron chi connectivity index (χ3n) is 1.93. The summed E-state index contributed by atoms with van der Waals surface area (Å²) in [7, 11) is 1.57. The fraction of sp³-hybridized carbons (Fsp3) is 0.273. The van der Waals surface area contributed by atoms with E-state index in [2.05, 4.69) is 4.98 Å². The van der Waals surface area contributed by atoms with Gasteiger partial charge >= 0.3 is 0 Å². The van der Waals surface area contributed by atoms with Gasteiger partial charge in [0.05, 0.1) is 7.11 Å². The van der Waals surface area contributed by atoms with Crippen LogP contribution < -0.4 is 10.5 Å². The fourth-order valence-electron chi connectivity index (χ4n) is 1.14. The number of aromatic nitrogens is 1. The van der Waals surface area contributed by atoms with Crippen molar-refractivity contribution in [3.05, 3.63) is 29.5 Å². The molecule has 0 saturated heterocycles. The third kappa shape index (κ3) is 3.42. The van der Waals surface area contributed by atoms with E-state index in [1.807, 2.05) is 19.1 Å². The first kappa shape index (κ1) is 11.2. The van der Waals surface area contributed by atoms with Gasteiger partial charge in [0, 0.05) is 18.2 Å². The molecule has 1 aromatic rings. The van der Waals surface area contributed by atoms with E-state index >= 15 is 0 Å². The molecule has 4 heteroatoms. The van der Waals surface area contributed by atoms with Gasteiger partial charge in [0.1, 0.15) is 0 Å². The van der Waals surface area contributed by atoms with Crippen LogP contribution in [0.3, 0.4) is 0 Å². The number of methoxy groups -OCH3 is 1. The fourth-order valence-corrected chi connectivity index (χ4v) is 1.14. The van der Waals surface area contributed by atoms with E-state index in [0.717, 1.165) is 11.3 Å². The number of ether oxygens (including phenoxy) is 1. The largest absolute Gasteiger partial charge is 0.481 e. The van der Waals surface area contributed by atoms with Gasteiger partial charge in [0.15, 0.2) is 0 Å². The zero-order chi connectivity index (χ0) is 11.3. The van der Waals surface area contributed by atoms with E-state index in [1.54, 1.807) is 19.3 Å². The van der Waals surface area contributed by atoms with Crippen LogP contribution in [0.4, 0.5) is 0 Å². The Morgan fingerprint density at radius 2 is 2.33 bits per heavy atom. The summed E-state index contributed by atoms with van der Waals surface area (Å²) in [5.74, 6) is 0.241. The minimum Gasteiger partial charge on any atom is -0.481 e. The molecule has 1 amide bonds. The van der Waals surface area contributed by atoms with Crippen molar-refractivity contribution < 1.29 is 9.53 Å². The molecule has 0 spiro atoms. The molecule has 0 unspecified atom stereocenters. The van der Waals surface area contributed by atoms with E-state index in [-0.39, 0.29) is 12.3 Å². The second-order valence-electron chi connectivity index (χ2n) is 3.10. The van der Waals surface area contributed by atoms with E-state index < -0.39 is 0 Å². The second-order valence-corrected chi connectivity index (χ2v) is 3.10. The van der Waals surface area contributed by atoms with Crippen LogP contribution in [0, 0.1) is 6.92 Å². The molecule has 1 aromatic heterocycles. The molecule has 0 atom stereocenters. The molecule has 0 aliphatic carbocycles. The van der Waals surface area contributed by atoms with E-state index in [9.17, 15) is 4.79 Å². The molecule has 0 bridgehead atoms. The Kier molecular flexibility index (Phi) is 3.85. The van der Waals surface area contributed by atoms with Gasteiger partial charge in [0.2, 0.25) is 11.8 Å². The van der Waals surface area contributed by atoms with Gasteiger partial charge in [-0.1, -0.05) is 12.2 Å². The topological polar surface area (TPSA) is 65.2 Å². The van der Waals surface area contributed by atoms with Crippen LogP contribution in [0.25, 0.3) is 6.08 Å². The highest BCUT2D eigenvalue weighted by Gasteiger charge is 1.98. The van der Waals surface area contributed by atoms with Crippen LogP contribution in [0.2, 0.25) is 0 Å².